The Morgan fingerprint density at radius 1 is 1.35 bits per heavy atom. The number of rotatable bonds is 9. The van der Waals surface area contributed by atoms with Crippen LogP contribution in [0.3, 0.4) is 0 Å². The van der Waals surface area contributed by atoms with Gasteiger partial charge in [-0.15, -0.1) is 0 Å². The van der Waals surface area contributed by atoms with Gasteiger partial charge < -0.3 is 10.1 Å². The van der Waals surface area contributed by atoms with Crippen molar-refractivity contribution in [1.29, 1.82) is 0 Å². The lowest BCUT2D eigenvalue weighted by Crippen LogP contribution is -2.25. The maximum Gasteiger partial charge on any atom is 0.240 e. The summed E-state index contributed by atoms with van der Waals surface area (Å²) in [6, 6.07) is 2.98. The molecule has 0 fully saturated rings. The molecule has 0 aliphatic carbocycles. The predicted molar refractivity (Wildman–Crippen MR) is 79.3 cm³/mol. The highest BCUT2D eigenvalue weighted by atomic mass is 32.2. The number of nitrogens with zero attached hydrogens (tertiary/aromatic N) is 1. The molecule has 0 spiro atoms. The zero-order chi connectivity index (χ0) is 15.0. The van der Waals surface area contributed by atoms with E-state index < -0.39 is 10.0 Å². The second-order valence-corrected chi connectivity index (χ2v) is 6.42. The van der Waals surface area contributed by atoms with Gasteiger partial charge in [-0.25, -0.2) is 18.1 Å². The molecule has 0 atom stereocenters. The molecule has 2 N–H and O–H groups in total. The van der Waals surface area contributed by atoms with Crippen molar-refractivity contribution in [1.82, 2.24) is 9.71 Å². The average molecular weight is 301 g/mol. The number of anilines is 1. The molecule has 7 heteroatoms. The molecule has 20 heavy (non-hydrogen) atoms. The fourth-order valence-electron chi connectivity index (χ4n) is 1.55. The van der Waals surface area contributed by atoms with E-state index in [2.05, 4.69) is 15.0 Å². The SMILES string of the molecule is CNc1cc(S(=O)(=O)NCCCCOC(C)C)ccn1. The van der Waals surface area contributed by atoms with Crippen molar-refractivity contribution in [3.05, 3.63) is 18.3 Å². The zero-order valence-corrected chi connectivity index (χ0v) is 13.0. The van der Waals surface area contributed by atoms with Gasteiger partial charge >= 0.3 is 0 Å². The van der Waals surface area contributed by atoms with Crippen molar-refractivity contribution < 1.29 is 13.2 Å². The Morgan fingerprint density at radius 2 is 2.10 bits per heavy atom. The van der Waals surface area contributed by atoms with Crippen LogP contribution in [0.5, 0.6) is 0 Å². The minimum absolute atomic E-state index is 0.212. The summed E-state index contributed by atoms with van der Waals surface area (Å²) in [4.78, 5) is 4.21. The average Bonchev–Trinajstić information content (AvgIpc) is 2.42. The summed E-state index contributed by atoms with van der Waals surface area (Å²) in [5.41, 5.74) is 0. The summed E-state index contributed by atoms with van der Waals surface area (Å²) in [6.07, 6.45) is 3.26. The Morgan fingerprint density at radius 3 is 2.75 bits per heavy atom. The summed E-state index contributed by atoms with van der Waals surface area (Å²) in [7, 11) is -1.77. The monoisotopic (exact) mass is 301 g/mol. The molecule has 0 aliphatic rings. The number of unbranched alkanes of at least 4 members (excludes halogenated alkanes) is 1. The van der Waals surface area contributed by atoms with Gasteiger partial charge in [-0.1, -0.05) is 0 Å². The van der Waals surface area contributed by atoms with Gasteiger partial charge in [-0.3, -0.25) is 0 Å². The summed E-state index contributed by atoms with van der Waals surface area (Å²) in [5.74, 6) is 0.526. The molecular weight excluding hydrogens is 278 g/mol. The smallest absolute Gasteiger partial charge is 0.240 e. The topological polar surface area (TPSA) is 80.3 Å². The summed E-state index contributed by atoms with van der Waals surface area (Å²) in [6.45, 7) is 5.01. The first-order valence-corrected chi connectivity index (χ1v) is 8.19. The van der Waals surface area contributed by atoms with E-state index >= 15 is 0 Å². The lowest BCUT2D eigenvalue weighted by Gasteiger charge is -2.09. The Balaban J connectivity index is 2.41. The van der Waals surface area contributed by atoms with Gasteiger partial charge in [-0.2, -0.15) is 0 Å². The Kier molecular flexibility index (Phi) is 6.90. The molecule has 0 amide bonds. The fraction of sp³-hybridized carbons (Fsp3) is 0.615. The minimum Gasteiger partial charge on any atom is -0.379 e. The number of ether oxygens (including phenoxy) is 1. The van der Waals surface area contributed by atoms with Crippen LogP contribution in [0.2, 0.25) is 0 Å². The van der Waals surface area contributed by atoms with Crippen LogP contribution in [0.1, 0.15) is 26.7 Å². The van der Waals surface area contributed by atoms with Gasteiger partial charge in [0.05, 0.1) is 11.0 Å². The molecule has 1 rings (SSSR count). The van der Waals surface area contributed by atoms with Crippen LogP contribution in [0.25, 0.3) is 0 Å². The van der Waals surface area contributed by atoms with Gasteiger partial charge in [0.2, 0.25) is 10.0 Å². The van der Waals surface area contributed by atoms with E-state index in [-0.39, 0.29) is 11.0 Å². The maximum absolute atomic E-state index is 12.0. The third-order valence-electron chi connectivity index (χ3n) is 2.61. The first-order valence-electron chi connectivity index (χ1n) is 6.71. The van der Waals surface area contributed by atoms with Crippen LogP contribution >= 0.6 is 0 Å². The normalized spacial score (nSPS) is 11.8. The first-order chi connectivity index (χ1) is 9.45. The summed E-state index contributed by atoms with van der Waals surface area (Å²) < 4.78 is 32.1. The van der Waals surface area contributed by atoms with E-state index in [4.69, 9.17) is 4.74 Å². The molecule has 0 saturated heterocycles. The quantitative estimate of drug-likeness (QED) is 0.677. The van der Waals surface area contributed by atoms with Crippen LogP contribution in [0.4, 0.5) is 5.82 Å². The second kappa shape index (κ2) is 8.18. The number of nitrogens with one attached hydrogen (secondary N) is 2. The van der Waals surface area contributed by atoms with Crippen LogP contribution in [-0.2, 0) is 14.8 Å². The maximum atomic E-state index is 12.0. The number of hydrogen-bond donors (Lipinski definition) is 2. The highest BCUT2D eigenvalue weighted by Gasteiger charge is 2.13. The highest BCUT2D eigenvalue weighted by molar-refractivity contribution is 7.89. The molecular formula is C13H23N3O3S. The summed E-state index contributed by atoms with van der Waals surface area (Å²) in [5, 5.41) is 2.81. The summed E-state index contributed by atoms with van der Waals surface area (Å²) >= 11 is 0. The third-order valence-corrected chi connectivity index (χ3v) is 4.07. The predicted octanol–water partition coefficient (Wildman–Crippen LogP) is 1.61. The molecule has 0 unspecified atom stereocenters. The van der Waals surface area contributed by atoms with Crippen molar-refractivity contribution in [2.75, 3.05) is 25.5 Å². The zero-order valence-electron chi connectivity index (χ0n) is 12.2. The number of sulfonamides is 1. The molecule has 0 aromatic carbocycles. The van der Waals surface area contributed by atoms with E-state index in [1.807, 2.05) is 13.8 Å². The molecule has 1 aromatic heterocycles. The van der Waals surface area contributed by atoms with E-state index in [9.17, 15) is 8.42 Å². The molecule has 1 aromatic rings. The van der Waals surface area contributed by atoms with Crippen molar-refractivity contribution in [2.24, 2.45) is 0 Å². The lowest BCUT2D eigenvalue weighted by atomic mass is 10.3. The van der Waals surface area contributed by atoms with Crippen molar-refractivity contribution in [3.63, 3.8) is 0 Å². The number of pyridine rings is 1. The fourth-order valence-corrected chi connectivity index (χ4v) is 2.64. The largest absolute Gasteiger partial charge is 0.379 e. The highest BCUT2D eigenvalue weighted by Crippen LogP contribution is 2.11. The minimum atomic E-state index is -3.47. The van der Waals surface area contributed by atoms with E-state index in [0.717, 1.165) is 12.8 Å². The van der Waals surface area contributed by atoms with Gasteiger partial charge in [-0.05, 0) is 32.8 Å². The van der Waals surface area contributed by atoms with E-state index in [0.29, 0.717) is 19.0 Å². The molecule has 1 heterocycles. The molecule has 0 bridgehead atoms. The molecule has 0 saturated carbocycles. The number of aromatic nitrogens is 1. The third kappa shape index (κ3) is 5.85. The molecule has 0 radical (unpaired) electrons. The van der Waals surface area contributed by atoms with Crippen molar-refractivity contribution >= 4 is 15.8 Å². The van der Waals surface area contributed by atoms with Gasteiger partial charge in [0.1, 0.15) is 5.82 Å². The van der Waals surface area contributed by atoms with Gasteiger partial charge in [0.15, 0.2) is 0 Å². The number of hydrogen-bond acceptors (Lipinski definition) is 5. The van der Waals surface area contributed by atoms with Crippen LogP contribution < -0.4 is 10.0 Å². The second-order valence-electron chi connectivity index (χ2n) is 4.65. The molecule has 0 aliphatic heterocycles. The Labute approximate surface area is 121 Å². The van der Waals surface area contributed by atoms with Gasteiger partial charge in [0, 0.05) is 32.5 Å². The standard InChI is InChI=1S/C13H23N3O3S/c1-11(2)19-9-5-4-7-16-20(17,18)12-6-8-15-13(10-12)14-3/h6,8,10-11,16H,4-5,7,9H2,1-3H3,(H,14,15). The van der Waals surface area contributed by atoms with Crippen molar-refractivity contribution in [3.8, 4) is 0 Å². The Bertz CT molecular complexity index is 503. The molecule has 114 valence electrons. The van der Waals surface area contributed by atoms with E-state index in [1.165, 1.54) is 18.3 Å². The van der Waals surface area contributed by atoms with E-state index in [1.54, 1.807) is 7.05 Å². The first kappa shape index (κ1) is 16.9. The molecule has 6 nitrogen and oxygen atoms in total. The van der Waals surface area contributed by atoms with Crippen LogP contribution in [-0.4, -0.2) is 39.7 Å². The Hall–Kier alpha value is -1.18. The lowest BCUT2D eigenvalue weighted by molar-refractivity contribution is 0.0762. The van der Waals surface area contributed by atoms with Gasteiger partial charge in [0.25, 0.3) is 0 Å². The van der Waals surface area contributed by atoms with Crippen LogP contribution in [0, 0.1) is 0 Å². The van der Waals surface area contributed by atoms with Crippen molar-refractivity contribution in [2.45, 2.75) is 37.7 Å². The van der Waals surface area contributed by atoms with Crippen LogP contribution in [0.15, 0.2) is 23.2 Å².